The summed E-state index contributed by atoms with van der Waals surface area (Å²) in [7, 11) is 0. The van der Waals surface area contributed by atoms with Gasteiger partial charge in [-0.15, -0.1) is 0 Å². The van der Waals surface area contributed by atoms with Crippen molar-refractivity contribution in [3.63, 3.8) is 0 Å². The van der Waals surface area contributed by atoms with Gasteiger partial charge in [-0.3, -0.25) is 0 Å². The fraction of sp³-hybridized carbons (Fsp3) is 1.00. The standard InChI is InChI=1S/C10H18Br2O2/c11-6-8-13-10(14-9-7-12)4-2-1-3-5-10/h1-9H2. The van der Waals surface area contributed by atoms with Crippen molar-refractivity contribution in [2.24, 2.45) is 0 Å². The van der Waals surface area contributed by atoms with Crippen molar-refractivity contribution >= 4 is 31.9 Å². The normalized spacial score (nSPS) is 21.0. The van der Waals surface area contributed by atoms with Crippen molar-refractivity contribution in [2.45, 2.75) is 37.9 Å². The fourth-order valence-corrected chi connectivity index (χ4v) is 2.19. The highest BCUT2D eigenvalue weighted by molar-refractivity contribution is 9.09. The van der Waals surface area contributed by atoms with Crippen molar-refractivity contribution in [3.05, 3.63) is 0 Å². The first-order valence-corrected chi connectivity index (χ1v) is 7.47. The van der Waals surface area contributed by atoms with Crippen molar-refractivity contribution in [1.82, 2.24) is 0 Å². The van der Waals surface area contributed by atoms with Crippen LogP contribution < -0.4 is 0 Å². The molecule has 84 valence electrons. The zero-order valence-electron chi connectivity index (χ0n) is 8.44. The van der Waals surface area contributed by atoms with E-state index >= 15 is 0 Å². The van der Waals surface area contributed by atoms with Crippen LogP contribution in [0.5, 0.6) is 0 Å². The first-order chi connectivity index (χ1) is 6.83. The van der Waals surface area contributed by atoms with Crippen LogP contribution in [-0.2, 0) is 9.47 Å². The third kappa shape index (κ3) is 4.17. The molecule has 1 aliphatic carbocycles. The van der Waals surface area contributed by atoms with Crippen molar-refractivity contribution in [2.75, 3.05) is 23.9 Å². The van der Waals surface area contributed by atoms with Crippen LogP contribution in [0.4, 0.5) is 0 Å². The van der Waals surface area contributed by atoms with Crippen LogP contribution >= 0.6 is 31.9 Å². The van der Waals surface area contributed by atoms with E-state index in [9.17, 15) is 0 Å². The molecule has 0 spiro atoms. The van der Waals surface area contributed by atoms with Crippen LogP contribution in [0.3, 0.4) is 0 Å². The zero-order chi connectivity index (χ0) is 10.3. The molecule has 1 rings (SSSR count). The molecule has 2 nitrogen and oxygen atoms in total. The Morgan fingerprint density at radius 2 is 1.36 bits per heavy atom. The molecule has 1 fully saturated rings. The summed E-state index contributed by atoms with van der Waals surface area (Å²) in [5, 5.41) is 1.76. The molecule has 0 heterocycles. The maximum atomic E-state index is 5.83. The molecule has 0 aromatic rings. The number of alkyl halides is 2. The minimum atomic E-state index is -0.278. The van der Waals surface area contributed by atoms with Gasteiger partial charge in [-0.2, -0.15) is 0 Å². The molecule has 0 N–H and O–H groups in total. The van der Waals surface area contributed by atoms with Gasteiger partial charge in [0.1, 0.15) is 0 Å². The summed E-state index contributed by atoms with van der Waals surface area (Å²) in [6.07, 6.45) is 5.87. The lowest BCUT2D eigenvalue weighted by Crippen LogP contribution is -2.39. The third-order valence-electron chi connectivity index (χ3n) is 2.50. The molecule has 0 aromatic carbocycles. The van der Waals surface area contributed by atoms with Gasteiger partial charge in [-0.05, 0) is 12.8 Å². The van der Waals surface area contributed by atoms with Gasteiger partial charge in [0.15, 0.2) is 5.79 Å². The zero-order valence-corrected chi connectivity index (χ0v) is 11.6. The smallest absolute Gasteiger partial charge is 0.168 e. The number of ether oxygens (including phenoxy) is 2. The second-order valence-electron chi connectivity index (χ2n) is 3.55. The van der Waals surface area contributed by atoms with Gasteiger partial charge in [-0.1, -0.05) is 38.3 Å². The molecule has 0 radical (unpaired) electrons. The molecule has 1 saturated carbocycles. The predicted molar refractivity (Wildman–Crippen MR) is 65.3 cm³/mol. The SMILES string of the molecule is BrCCOC1(OCCBr)CCCCC1. The number of hydrogen-bond acceptors (Lipinski definition) is 2. The maximum absolute atomic E-state index is 5.83. The minimum Gasteiger partial charge on any atom is -0.349 e. The number of hydrogen-bond donors (Lipinski definition) is 0. The van der Waals surface area contributed by atoms with E-state index in [0.717, 1.165) is 36.7 Å². The topological polar surface area (TPSA) is 18.5 Å². The molecular weight excluding hydrogens is 312 g/mol. The summed E-state index contributed by atoms with van der Waals surface area (Å²) in [6, 6.07) is 0. The van der Waals surface area contributed by atoms with Crippen LogP contribution in [0.25, 0.3) is 0 Å². The lowest BCUT2D eigenvalue weighted by atomic mass is 9.94. The molecule has 0 bridgehead atoms. The number of rotatable bonds is 6. The Bertz CT molecular complexity index is 137. The average molecular weight is 330 g/mol. The van der Waals surface area contributed by atoms with Crippen molar-refractivity contribution < 1.29 is 9.47 Å². The van der Waals surface area contributed by atoms with Crippen molar-refractivity contribution in [1.29, 1.82) is 0 Å². The monoisotopic (exact) mass is 328 g/mol. The molecule has 14 heavy (non-hydrogen) atoms. The van der Waals surface area contributed by atoms with Crippen LogP contribution in [0.15, 0.2) is 0 Å². The first-order valence-electron chi connectivity index (χ1n) is 5.23. The molecule has 0 aliphatic heterocycles. The van der Waals surface area contributed by atoms with E-state index in [-0.39, 0.29) is 5.79 Å². The molecule has 1 aliphatic rings. The summed E-state index contributed by atoms with van der Waals surface area (Å²) in [6.45, 7) is 1.48. The van der Waals surface area contributed by atoms with Crippen LogP contribution in [0, 0.1) is 0 Å². The van der Waals surface area contributed by atoms with E-state index in [0.29, 0.717) is 0 Å². The highest BCUT2D eigenvalue weighted by atomic mass is 79.9. The molecule has 0 saturated heterocycles. The Morgan fingerprint density at radius 3 is 1.79 bits per heavy atom. The largest absolute Gasteiger partial charge is 0.349 e. The second-order valence-corrected chi connectivity index (χ2v) is 5.13. The Labute approximate surface area is 103 Å². The summed E-state index contributed by atoms with van der Waals surface area (Å²) in [4.78, 5) is 0. The average Bonchev–Trinajstić information content (AvgIpc) is 2.25. The molecule has 0 amide bonds. The van der Waals surface area contributed by atoms with Gasteiger partial charge in [0.2, 0.25) is 0 Å². The Hall–Kier alpha value is 0.880. The highest BCUT2D eigenvalue weighted by Crippen LogP contribution is 2.32. The van der Waals surface area contributed by atoms with Gasteiger partial charge >= 0.3 is 0 Å². The van der Waals surface area contributed by atoms with Gasteiger partial charge in [0.25, 0.3) is 0 Å². The van der Waals surface area contributed by atoms with E-state index in [1.807, 2.05) is 0 Å². The van der Waals surface area contributed by atoms with Gasteiger partial charge in [0, 0.05) is 23.5 Å². The fourth-order valence-electron chi connectivity index (χ4n) is 1.87. The first kappa shape index (κ1) is 12.9. The quantitative estimate of drug-likeness (QED) is 0.548. The molecule has 4 heteroatoms. The summed E-state index contributed by atoms with van der Waals surface area (Å²) in [5.41, 5.74) is 0. The highest BCUT2D eigenvalue weighted by Gasteiger charge is 2.33. The van der Waals surface area contributed by atoms with Crippen molar-refractivity contribution in [3.8, 4) is 0 Å². The van der Waals surface area contributed by atoms with E-state index in [1.54, 1.807) is 0 Å². The van der Waals surface area contributed by atoms with Crippen LogP contribution in [0.1, 0.15) is 32.1 Å². The van der Waals surface area contributed by atoms with E-state index in [1.165, 1.54) is 19.3 Å². The lowest BCUT2D eigenvalue weighted by molar-refractivity contribution is -0.246. The lowest BCUT2D eigenvalue weighted by Gasteiger charge is -2.36. The Kier molecular flexibility index (Phi) is 6.66. The van der Waals surface area contributed by atoms with Crippen LogP contribution in [0.2, 0.25) is 0 Å². The summed E-state index contributed by atoms with van der Waals surface area (Å²) < 4.78 is 11.7. The maximum Gasteiger partial charge on any atom is 0.168 e. The van der Waals surface area contributed by atoms with E-state index in [2.05, 4.69) is 31.9 Å². The molecule has 0 atom stereocenters. The minimum absolute atomic E-state index is 0.278. The third-order valence-corrected chi connectivity index (χ3v) is 3.15. The van der Waals surface area contributed by atoms with E-state index < -0.39 is 0 Å². The predicted octanol–water partition coefficient (Wildman–Crippen LogP) is 3.47. The van der Waals surface area contributed by atoms with Gasteiger partial charge in [-0.25, -0.2) is 0 Å². The second kappa shape index (κ2) is 7.20. The van der Waals surface area contributed by atoms with Gasteiger partial charge < -0.3 is 9.47 Å². The Morgan fingerprint density at radius 1 is 0.857 bits per heavy atom. The number of halogens is 2. The van der Waals surface area contributed by atoms with Gasteiger partial charge in [0.05, 0.1) is 13.2 Å². The molecule has 0 unspecified atom stereocenters. The Balaban J connectivity index is 2.39. The van der Waals surface area contributed by atoms with Crippen LogP contribution in [-0.4, -0.2) is 29.7 Å². The molecular formula is C10H18Br2O2. The summed E-state index contributed by atoms with van der Waals surface area (Å²) >= 11 is 6.76. The summed E-state index contributed by atoms with van der Waals surface area (Å²) in [5.74, 6) is -0.278. The van der Waals surface area contributed by atoms with E-state index in [4.69, 9.17) is 9.47 Å². The molecule has 0 aromatic heterocycles.